The average Bonchev–Trinajstić information content (AvgIpc) is 3.16. The summed E-state index contributed by atoms with van der Waals surface area (Å²) < 4.78 is 0. The Labute approximate surface area is 135 Å². The molecule has 2 fully saturated rings. The maximum Gasteiger partial charge on any atom is 0.254 e. The Bertz CT molecular complexity index is 507. The third kappa shape index (κ3) is 3.20. The number of amides is 1. The van der Waals surface area contributed by atoms with Gasteiger partial charge in [-0.1, -0.05) is 36.0 Å². The van der Waals surface area contributed by atoms with Gasteiger partial charge in [-0.3, -0.25) is 4.79 Å². The maximum atomic E-state index is 13.0. The minimum absolute atomic E-state index is 0.0918. The van der Waals surface area contributed by atoms with E-state index in [2.05, 4.69) is 10.2 Å². The molecule has 1 unspecified atom stereocenters. The molecule has 0 spiro atoms. The van der Waals surface area contributed by atoms with E-state index in [0.717, 1.165) is 32.4 Å². The van der Waals surface area contributed by atoms with E-state index >= 15 is 0 Å². The van der Waals surface area contributed by atoms with E-state index in [1.807, 2.05) is 0 Å². The molecule has 1 aromatic carbocycles. The van der Waals surface area contributed by atoms with Crippen molar-refractivity contribution in [2.45, 2.75) is 44.2 Å². The lowest BCUT2D eigenvalue weighted by molar-refractivity contribution is 0.0595. The number of hydrogen-bond donors (Lipinski definition) is 1. The molecule has 21 heavy (non-hydrogen) atoms. The number of nitrogens with one attached hydrogen (secondary N) is 1. The van der Waals surface area contributed by atoms with Crippen molar-refractivity contribution in [1.29, 1.82) is 0 Å². The van der Waals surface area contributed by atoms with Gasteiger partial charge in [-0.2, -0.15) is 0 Å². The second-order valence-electron chi connectivity index (χ2n) is 5.93. The van der Waals surface area contributed by atoms with Crippen molar-refractivity contribution in [2.75, 3.05) is 13.1 Å². The van der Waals surface area contributed by atoms with Crippen LogP contribution in [0.4, 0.5) is 0 Å². The molecule has 0 aromatic heterocycles. The Morgan fingerprint density at radius 2 is 1.86 bits per heavy atom. The Morgan fingerprint density at radius 1 is 1.10 bits per heavy atom. The van der Waals surface area contributed by atoms with Crippen LogP contribution in [0.25, 0.3) is 0 Å². The predicted octanol–water partition coefficient (Wildman–Crippen LogP) is 3.74. The molecule has 1 aliphatic carbocycles. The van der Waals surface area contributed by atoms with Gasteiger partial charge in [0.05, 0.1) is 10.0 Å². The van der Waals surface area contributed by atoms with Crippen LogP contribution in [0, 0.1) is 0 Å². The largest absolute Gasteiger partial charge is 0.331 e. The summed E-state index contributed by atoms with van der Waals surface area (Å²) in [7, 11) is 0. The summed E-state index contributed by atoms with van der Waals surface area (Å²) >= 11 is 12.0. The predicted molar refractivity (Wildman–Crippen MR) is 86.2 cm³/mol. The van der Waals surface area contributed by atoms with Gasteiger partial charge < -0.3 is 10.2 Å². The standard InChI is InChI=1S/C16H20Cl2N2O/c17-14-6-5-11(9-15(14)18)16(21)20(12-3-1-2-4-12)13-7-8-19-10-13/h5-6,9,12-13,19H,1-4,7-8,10H2. The molecule has 1 aliphatic heterocycles. The Kier molecular flexibility index (Phi) is 4.72. The number of rotatable bonds is 3. The van der Waals surface area contributed by atoms with Crippen molar-refractivity contribution in [3.63, 3.8) is 0 Å². The minimum Gasteiger partial charge on any atom is -0.331 e. The molecule has 114 valence electrons. The lowest BCUT2D eigenvalue weighted by Crippen LogP contribution is -2.47. The monoisotopic (exact) mass is 326 g/mol. The second kappa shape index (κ2) is 6.55. The first-order valence-corrected chi connectivity index (χ1v) is 8.41. The van der Waals surface area contributed by atoms with Crippen molar-refractivity contribution < 1.29 is 4.79 Å². The minimum atomic E-state index is 0.0918. The number of halogens is 2. The van der Waals surface area contributed by atoms with Crippen LogP contribution >= 0.6 is 23.2 Å². The number of nitrogens with zero attached hydrogens (tertiary/aromatic N) is 1. The summed E-state index contributed by atoms with van der Waals surface area (Å²) in [6.45, 7) is 1.88. The van der Waals surface area contributed by atoms with E-state index in [-0.39, 0.29) is 5.91 Å². The molecule has 1 atom stereocenters. The van der Waals surface area contributed by atoms with Gasteiger partial charge in [0.1, 0.15) is 0 Å². The molecule has 1 aromatic rings. The third-order valence-electron chi connectivity index (χ3n) is 4.55. The molecule has 1 saturated carbocycles. The first-order valence-electron chi connectivity index (χ1n) is 7.65. The summed E-state index contributed by atoms with van der Waals surface area (Å²) in [5, 5.41) is 4.29. The van der Waals surface area contributed by atoms with Crippen molar-refractivity contribution in [1.82, 2.24) is 10.2 Å². The zero-order chi connectivity index (χ0) is 14.8. The fourth-order valence-electron chi connectivity index (χ4n) is 3.47. The molecule has 1 heterocycles. The van der Waals surface area contributed by atoms with Crippen LogP contribution in [0.5, 0.6) is 0 Å². The third-order valence-corrected chi connectivity index (χ3v) is 5.29. The van der Waals surface area contributed by atoms with E-state index in [1.165, 1.54) is 12.8 Å². The number of carbonyl (C=O) groups is 1. The molecule has 0 radical (unpaired) electrons. The summed E-state index contributed by atoms with van der Waals surface area (Å²) in [6.07, 6.45) is 5.70. The molecule has 3 rings (SSSR count). The van der Waals surface area contributed by atoms with Crippen LogP contribution in [-0.4, -0.2) is 36.0 Å². The number of benzene rings is 1. The van der Waals surface area contributed by atoms with Crippen LogP contribution in [0.15, 0.2) is 18.2 Å². The molecule has 1 saturated heterocycles. The van der Waals surface area contributed by atoms with Gasteiger partial charge in [0.15, 0.2) is 0 Å². The van der Waals surface area contributed by atoms with Gasteiger partial charge in [0.2, 0.25) is 0 Å². The van der Waals surface area contributed by atoms with Gasteiger partial charge in [-0.25, -0.2) is 0 Å². The van der Waals surface area contributed by atoms with Gasteiger partial charge >= 0.3 is 0 Å². The lowest BCUT2D eigenvalue weighted by Gasteiger charge is -2.34. The zero-order valence-electron chi connectivity index (χ0n) is 11.9. The van der Waals surface area contributed by atoms with Crippen molar-refractivity contribution in [3.05, 3.63) is 33.8 Å². The molecule has 2 aliphatic rings. The normalized spacial score (nSPS) is 22.7. The molecule has 1 amide bonds. The van der Waals surface area contributed by atoms with Crippen molar-refractivity contribution in [3.8, 4) is 0 Å². The van der Waals surface area contributed by atoms with Crippen molar-refractivity contribution >= 4 is 29.1 Å². The fourth-order valence-corrected chi connectivity index (χ4v) is 3.77. The maximum absolute atomic E-state index is 13.0. The quantitative estimate of drug-likeness (QED) is 0.917. The summed E-state index contributed by atoms with van der Waals surface area (Å²) in [4.78, 5) is 15.1. The molecule has 1 N–H and O–H groups in total. The van der Waals surface area contributed by atoms with E-state index in [4.69, 9.17) is 23.2 Å². The van der Waals surface area contributed by atoms with Gasteiger partial charge in [0.25, 0.3) is 5.91 Å². The first kappa shape index (κ1) is 15.1. The number of hydrogen-bond acceptors (Lipinski definition) is 2. The van der Waals surface area contributed by atoms with E-state index in [1.54, 1.807) is 18.2 Å². The van der Waals surface area contributed by atoms with Gasteiger partial charge in [0, 0.05) is 24.2 Å². The molecule has 3 nitrogen and oxygen atoms in total. The van der Waals surface area contributed by atoms with Crippen molar-refractivity contribution in [2.24, 2.45) is 0 Å². The van der Waals surface area contributed by atoms with Crippen LogP contribution in [0.3, 0.4) is 0 Å². The summed E-state index contributed by atoms with van der Waals surface area (Å²) in [5.41, 5.74) is 0.642. The van der Waals surface area contributed by atoms with E-state index in [9.17, 15) is 4.79 Å². The first-order chi connectivity index (χ1) is 10.2. The SMILES string of the molecule is O=C(c1ccc(Cl)c(Cl)c1)N(C1CCCC1)C1CCNC1. The average molecular weight is 327 g/mol. The Morgan fingerprint density at radius 3 is 2.48 bits per heavy atom. The van der Waals surface area contributed by atoms with Crippen LogP contribution in [0.1, 0.15) is 42.5 Å². The van der Waals surface area contributed by atoms with Crippen LogP contribution < -0.4 is 5.32 Å². The molecule has 0 bridgehead atoms. The highest BCUT2D eigenvalue weighted by Crippen LogP contribution is 2.30. The second-order valence-corrected chi connectivity index (χ2v) is 6.74. The number of carbonyl (C=O) groups excluding carboxylic acids is 1. The smallest absolute Gasteiger partial charge is 0.254 e. The summed E-state index contributed by atoms with van der Waals surface area (Å²) in [6, 6.07) is 5.85. The molecular weight excluding hydrogens is 307 g/mol. The topological polar surface area (TPSA) is 32.3 Å². The van der Waals surface area contributed by atoms with Gasteiger partial charge in [-0.05, 0) is 44.0 Å². The Hall–Kier alpha value is -0.770. The Balaban J connectivity index is 1.87. The van der Waals surface area contributed by atoms with Gasteiger partial charge in [-0.15, -0.1) is 0 Å². The van der Waals surface area contributed by atoms with E-state index < -0.39 is 0 Å². The molecule has 5 heteroatoms. The van der Waals surface area contributed by atoms with Crippen LogP contribution in [-0.2, 0) is 0 Å². The zero-order valence-corrected chi connectivity index (χ0v) is 13.5. The fraction of sp³-hybridized carbons (Fsp3) is 0.562. The summed E-state index contributed by atoms with van der Waals surface area (Å²) in [5.74, 6) is 0.0918. The highest BCUT2D eigenvalue weighted by molar-refractivity contribution is 6.42. The lowest BCUT2D eigenvalue weighted by atomic mass is 10.1. The van der Waals surface area contributed by atoms with Crippen LogP contribution in [0.2, 0.25) is 10.0 Å². The highest BCUT2D eigenvalue weighted by atomic mass is 35.5. The van der Waals surface area contributed by atoms with E-state index in [0.29, 0.717) is 27.7 Å². The molecular formula is C16H20Cl2N2O. The highest BCUT2D eigenvalue weighted by Gasteiger charge is 2.34.